The molecule has 24 heavy (non-hydrogen) atoms. The van der Waals surface area contributed by atoms with Crippen LogP contribution in [0.1, 0.15) is 26.7 Å². The zero-order valence-corrected chi connectivity index (χ0v) is 15.4. The van der Waals surface area contributed by atoms with Gasteiger partial charge in [0.05, 0.1) is 11.9 Å². The molecular weight excluding hydrogens is 312 g/mol. The Hall–Kier alpha value is -1.60. The van der Waals surface area contributed by atoms with Gasteiger partial charge in [-0.15, -0.1) is 0 Å². The molecule has 0 aromatic carbocycles. The van der Waals surface area contributed by atoms with E-state index in [-0.39, 0.29) is 5.92 Å². The monoisotopic (exact) mass is 342 g/mol. The van der Waals surface area contributed by atoms with Crippen LogP contribution in [0.15, 0.2) is 12.3 Å². The second-order valence-electron chi connectivity index (χ2n) is 7.30. The Morgan fingerprint density at radius 2 is 1.75 bits per heavy atom. The number of amides is 2. The Kier molecular flexibility index (Phi) is 6.80. The maximum Gasteiger partial charge on any atom is 0.266 e. The molecule has 1 aliphatic rings. The second kappa shape index (κ2) is 7.98. The average Bonchev–Trinajstić information content (AvgIpc) is 2.73. The number of likely N-dealkylation sites (N-methyl/N-ethyl adjacent to an activating group) is 2. The van der Waals surface area contributed by atoms with Gasteiger partial charge in [-0.3, -0.25) is 9.59 Å². The lowest BCUT2D eigenvalue weighted by atomic mass is 9.93. The van der Waals surface area contributed by atoms with Crippen molar-refractivity contribution in [2.24, 2.45) is 11.8 Å². The summed E-state index contributed by atoms with van der Waals surface area (Å²) < 4.78 is 5.41. The summed E-state index contributed by atoms with van der Waals surface area (Å²) >= 11 is 0. The van der Waals surface area contributed by atoms with Crippen LogP contribution >= 0.6 is 0 Å². The minimum absolute atomic E-state index is 0.0932. The van der Waals surface area contributed by atoms with Crippen molar-refractivity contribution in [3.63, 3.8) is 0 Å². The van der Waals surface area contributed by atoms with Gasteiger partial charge in [0.2, 0.25) is 6.10 Å². The standard InChI is InChI=1S/C17H30N2O5/c1-11-9-12(17(2,23)10-11)7-8-24-14(16(22)19(5)6)13(20)15(21)18(3)4/h7-8,11-14,20,23H,9-10H2,1-6H3/b8-7+/t11-,12+,13-,14-,17-/m0/s1. The van der Waals surface area contributed by atoms with Crippen LogP contribution < -0.4 is 0 Å². The lowest BCUT2D eigenvalue weighted by Gasteiger charge is -2.26. The van der Waals surface area contributed by atoms with E-state index in [2.05, 4.69) is 6.92 Å². The normalized spacial score (nSPS) is 29.3. The third kappa shape index (κ3) is 4.95. The number of carbonyl (C=O) groups excluding carboxylic acids is 2. The average molecular weight is 342 g/mol. The molecule has 7 heteroatoms. The lowest BCUT2D eigenvalue weighted by molar-refractivity contribution is -0.155. The van der Waals surface area contributed by atoms with Gasteiger partial charge >= 0.3 is 0 Å². The van der Waals surface area contributed by atoms with E-state index in [0.717, 1.165) is 6.42 Å². The number of rotatable bonds is 6. The first kappa shape index (κ1) is 20.4. The van der Waals surface area contributed by atoms with Gasteiger partial charge in [-0.25, -0.2) is 0 Å². The zero-order valence-electron chi connectivity index (χ0n) is 15.4. The van der Waals surface area contributed by atoms with Crippen LogP contribution in [0.5, 0.6) is 0 Å². The number of carbonyl (C=O) groups is 2. The van der Waals surface area contributed by atoms with Gasteiger partial charge in [-0.1, -0.05) is 6.92 Å². The van der Waals surface area contributed by atoms with Crippen molar-refractivity contribution in [2.75, 3.05) is 28.2 Å². The Balaban J connectivity index is 2.84. The van der Waals surface area contributed by atoms with E-state index in [0.29, 0.717) is 12.3 Å². The molecule has 5 atom stereocenters. The molecule has 1 aliphatic carbocycles. The van der Waals surface area contributed by atoms with Gasteiger partial charge in [0.25, 0.3) is 11.8 Å². The number of hydrogen-bond donors (Lipinski definition) is 2. The number of hydrogen-bond acceptors (Lipinski definition) is 5. The van der Waals surface area contributed by atoms with Gasteiger partial charge in [0, 0.05) is 34.1 Å². The lowest BCUT2D eigenvalue weighted by Crippen LogP contribution is -2.49. The fourth-order valence-electron chi connectivity index (χ4n) is 3.05. The molecule has 138 valence electrons. The van der Waals surface area contributed by atoms with Crippen LogP contribution in [-0.4, -0.2) is 77.8 Å². The topological polar surface area (TPSA) is 90.3 Å². The Labute approximate surface area is 143 Å². The van der Waals surface area contributed by atoms with Crippen molar-refractivity contribution in [1.82, 2.24) is 9.80 Å². The van der Waals surface area contributed by atoms with Crippen molar-refractivity contribution < 1.29 is 24.5 Å². The molecule has 0 aromatic heterocycles. The third-order valence-electron chi connectivity index (χ3n) is 4.42. The molecule has 0 bridgehead atoms. The summed E-state index contributed by atoms with van der Waals surface area (Å²) in [6.07, 6.45) is 1.61. The molecule has 2 N–H and O–H groups in total. The first-order valence-corrected chi connectivity index (χ1v) is 8.12. The van der Waals surface area contributed by atoms with E-state index >= 15 is 0 Å². The molecule has 0 aliphatic heterocycles. The summed E-state index contributed by atoms with van der Waals surface area (Å²) in [6, 6.07) is 0. The van der Waals surface area contributed by atoms with Crippen molar-refractivity contribution in [3.05, 3.63) is 12.3 Å². The summed E-state index contributed by atoms with van der Waals surface area (Å²) in [4.78, 5) is 26.6. The van der Waals surface area contributed by atoms with E-state index in [1.165, 1.54) is 44.3 Å². The minimum Gasteiger partial charge on any atom is -0.485 e. The fraction of sp³-hybridized carbons (Fsp3) is 0.765. The summed E-state index contributed by atoms with van der Waals surface area (Å²) in [5, 5.41) is 20.5. The largest absolute Gasteiger partial charge is 0.485 e. The SMILES string of the molecule is C[C@H]1C[C@@H](/C=C/O[C@H](C(=O)N(C)C)[C@H](O)C(=O)N(C)C)[C@@](C)(O)C1. The maximum atomic E-state index is 12.2. The van der Waals surface area contributed by atoms with Crippen molar-refractivity contribution in [3.8, 4) is 0 Å². The number of ether oxygens (including phenoxy) is 1. The Morgan fingerprint density at radius 3 is 2.17 bits per heavy atom. The summed E-state index contributed by atoms with van der Waals surface area (Å²) in [5.41, 5.74) is -0.821. The van der Waals surface area contributed by atoms with Gasteiger partial charge in [-0.2, -0.15) is 0 Å². The van der Waals surface area contributed by atoms with Gasteiger partial charge in [-0.05, 0) is 31.8 Å². The van der Waals surface area contributed by atoms with Crippen LogP contribution in [0.2, 0.25) is 0 Å². The van der Waals surface area contributed by atoms with Crippen LogP contribution in [-0.2, 0) is 14.3 Å². The van der Waals surface area contributed by atoms with Gasteiger partial charge in [0.15, 0.2) is 6.10 Å². The Morgan fingerprint density at radius 1 is 1.21 bits per heavy atom. The molecule has 0 radical (unpaired) electrons. The number of nitrogens with zero attached hydrogens (tertiary/aromatic N) is 2. The highest BCUT2D eigenvalue weighted by Gasteiger charge is 2.39. The molecule has 0 unspecified atom stereocenters. The maximum absolute atomic E-state index is 12.2. The molecule has 2 amide bonds. The van der Waals surface area contributed by atoms with Crippen molar-refractivity contribution in [1.29, 1.82) is 0 Å². The quantitative estimate of drug-likeness (QED) is 0.674. The van der Waals surface area contributed by atoms with Crippen LogP contribution in [0.3, 0.4) is 0 Å². The number of aliphatic hydroxyl groups is 2. The zero-order chi connectivity index (χ0) is 18.7. The molecule has 0 aromatic rings. The molecule has 1 saturated carbocycles. The molecule has 0 spiro atoms. The predicted octanol–water partition coefficient (Wildman–Crippen LogP) is 0.220. The van der Waals surface area contributed by atoms with E-state index in [1.807, 2.05) is 0 Å². The van der Waals surface area contributed by atoms with Crippen LogP contribution in [0.25, 0.3) is 0 Å². The molecule has 0 saturated heterocycles. The summed E-state index contributed by atoms with van der Waals surface area (Å²) in [6.45, 7) is 3.85. The summed E-state index contributed by atoms with van der Waals surface area (Å²) in [7, 11) is 6.04. The van der Waals surface area contributed by atoms with Crippen molar-refractivity contribution in [2.45, 2.75) is 44.5 Å². The van der Waals surface area contributed by atoms with E-state index < -0.39 is 29.6 Å². The minimum atomic E-state index is -1.59. The predicted molar refractivity (Wildman–Crippen MR) is 89.9 cm³/mol. The van der Waals surface area contributed by atoms with E-state index in [4.69, 9.17) is 4.74 Å². The second-order valence-corrected chi connectivity index (χ2v) is 7.30. The number of aliphatic hydroxyl groups excluding tert-OH is 1. The Bertz CT molecular complexity index is 487. The highest BCUT2D eigenvalue weighted by Crippen LogP contribution is 2.40. The van der Waals surface area contributed by atoms with Crippen LogP contribution in [0, 0.1) is 11.8 Å². The third-order valence-corrected chi connectivity index (χ3v) is 4.42. The van der Waals surface area contributed by atoms with Crippen molar-refractivity contribution >= 4 is 11.8 Å². The fourth-order valence-corrected chi connectivity index (χ4v) is 3.05. The summed E-state index contributed by atoms with van der Waals surface area (Å²) in [5.74, 6) is -0.807. The molecule has 7 nitrogen and oxygen atoms in total. The van der Waals surface area contributed by atoms with E-state index in [1.54, 1.807) is 13.0 Å². The van der Waals surface area contributed by atoms with E-state index in [9.17, 15) is 19.8 Å². The van der Waals surface area contributed by atoms with Gasteiger partial charge in [0.1, 0.15) is 0 Å². The highest BCUT2D eigenvalue weighted by atomic mass is 16.5. The van der Waals surface area contributed by atoms with Crippen LogP contribution in [0.4, 0.5) is 0 Å². The first-order chi connectivity index (χ1) is 11.0. The van der Waals surface area contributed by atoms with Gasteiger partial charge < -0.3 is 24.7 Å². The first-order valence-electron chi connectivity index (χ1n) is 8.12. The highest BCUT2D eigenvalue weighted by molar-refractivity contribution is 5.90. The molecule has 1 rings (SSSR count). The molecule has 0 heterocycles. The molecular formula is C17H30N2O5. The molecule has 1 fully saturated rings. The smallest absolute Gasteiger partial charge is 0.266 e.